The summed E-state index contributed by atoms with van der Waals surface area (Å²) in [5.41, 5.74) is 4.76. The van der Waals surface area contributed by atoms with E-state index in [9.17, 15) is 0 Å². The van der Waals surface area contributed by atoms with E-state index in [1.807, 2.05) is 18.2 Å². The molecule has 0 atom stereocenters. The molecule has 3 aromatic carbocycles. The Kier molecular flexibility index (Phi) is 6.29. The third-order valence-corrected chi connectivity index (χ3v) is 4.19. The van der Waals surface area contributed by atoms with Crippen molar-refractivity contribution in [2.75, 3.05) is 13.1 Å². The van der Waals surface area contributed by atoms with Crippen LogP contribution in [0.3, 0.4) is 0 Å². The normalized spacial score (nSPS) is 10.1. The van der Waals surface area contributed by atoms with Crippen LogP contribution in [-0.2, 0) is 6.42 Å². The van der Waals surface area contributed by atoms with Gasteiger partial charge in [-0.25, -0.2) is 0 Å². The second-order valence-electron chi connectivity index (χ2n) is 5.80. The first-order valence-corrected chi connectivity index (χ1v) is 8.78. The van der Waals surface area contributed by atoms with E-state index in [0.29, 0.717) is 6.54 Å². The van der Waals surface area contributed by atoms with Crippen LogP contribution in [0, 0.1) is 11.8 Å². The van der Waals surface area contributed by atoms with E-state index >= 15 is 0 Å². The molecule has 0 aliphatic rings. The molecule has 0 unspecified atom stereocenters. The van der Waals surface area contributed by atoms with Crippen LogP contribution in [0.1, 0.15) is 11.1 Å². The van der Waals surface area contributed by atoms with Gasteiger partial charge in [-0.3, -0.25) is 0 Å². The molecule has 0 aliphatic heterocycles. The van der Waals surface area contributed by atoms with Crippen LogP contribution in [0.4, 0.5) is 0 Å². The highest BCUT2D eigenvalue weighted by Crippen LogP contribution is 2.18. The summed E-state index contributed by atoms with van der Waals surface area (Å²) in [6.45, 7) is 1.59. The molecule has 1 nitrogen and oxygen atoms in total. The van der Waals surface area contributed by atoms with E-state index in [-0.39, 0.29) is 0 Å². The van der Waals surface area contributed by atoms with Gasteiger partial charge in [0, 0.05) is 17.1 Å². The fraction of sp³-hybridized carbons (Fsp3) is 0.130. The minimum atomic E-state index is 0.689. The van der Waals surface area contributed by atoms with Gasteiger partial charge in [-0.1, -0.05) is 78.0 Å². The van der Waals surface area contributed by atoms with Crippen LogP contribution in [0.25, 0.3) is 11.1 Å². The second-order valence-corrected chi connectivity index (χ2v) is 6.23. The summed E-state index contributed by atoms with van der Waals surface area (Å²) >= 11 is 5.88. The molecule has 3 aromatic rings. The highest BCUT2D eigenvalue weighted by molar-refractivity contribution is 6.30. The third kappa shape index (κ3) is 5.50. The summed E-state index contributed by atoms with van der Waals surface area (Å²) in [5.74, 6) is 6.37. The second kappa shape index (κ2) is 9.08. The summed E-state index contributed by atoms with van der Waals surface area (Å²) in [4.78, 5) is 0. The lowest BCUT2D eigenvalue weighted by atomic mass is 10.0. The quantitative estimate of drug-likeness (QED) is 0.495. The van der Waals surface area contributed by atoms with E-state index in [1.54, 1.807) is 0 Å². The van der Waals surface area contributed by atoms with Crippen LogP contribution in [0.2, 0.25) is 5.02 Å². The summed E-state index contributed by atoms with van der Waals surface area (Å²) in [6.07, 6.45) is 0.977. The topological polar surface area (TPSA) is 12.0 Å². The van der Waals surface area contributed by atoms with Crippen molar-refractivity contribution in [3.8, 4) is 23.0 Å². The largest absolute Gasteiger partial charge is 0.306 e. The van der Waals surface area contributed by atoms with E-state index in [1.165, 1.54) is 16.7 Å². The van der Waals surface area contributed by atoms with E-state index < -0.39 is 0 Å². The molecule has 0 radical (unpaired) electrons. The van der Waals surface area contributed by atoms with Gasteiger partial charge in [0.1, 0.15) is 0 Å². The third-order valence-electron chi connectivity index (χ3n) is 3.94. The molecule has 0 aromatic heterocycles. The highest BCUT2D eigenvalue weighted by Gasteiger charge is 1.96. The van der Waals surface area contributed by atoms with Crippen LogP contribution < -0.4 is 5.32 Å². The highest BCUT2D eigenvalue weighted by atomic mass is 35.5. The van der Waals surface area contributed by atoms with Crippen LogP contribution in [0.5, 0.6) is 0 Å². The van der Waals surface area contributed by atoms with Crippen molar-refractivity contribution >= 4 is 11.6 Å². The van der Waals surface area contributed by atoms with Crippen LogP contribution >= 0.6 is 11.6 Å². The Bertz CT molecular complexity index is 841. The molecule has 0 fully saturated rings. The van der Waals surface area contributed by atoms with Gasteiger partial charge >= 0.3 is 0 Å². The number of halogens is 1. The molecule has 25 heavy (non-hydrogen) atoms. The Labute approximate surface area is 154 Å². The van der Waals surface area contributed by atoms with Crippen molar-refractivity contribution in [2.24, 2.45) is 0 Å². The molecule has 0 saturated heterocycles. The lowest BCUT2D eigenvalue weighted by molar-refractivity contribution is 0.753. The summed E-state index contributed by atoms with van der Waals surface area (Å²) in [7, 11) is 0. The maximum atomic E-state index is 5.88. The summed E-state index contributed by atoms with van der Waals surface area (Å²) in [6, 6.07) is 26.7. The Morgan fingerprint density at radius 1 is 0.760 bits per heavy atom. The zero-order valence-electron chi connectivity index (χ0n) is 14.0. The molecule has 0 aliphatic carbocycles. The fourth-order valence-electron chi connectivity index (χ4n) is 2.56. The smallest absolute Gasteiger partial charge is 0.0580 e. The van der Waals surface area contributed by atoms with Gasteiger partial charge in [-0.05, 0) is 47.4 Å². The lowest BCUT2D eigenvalue weighted by Gasteiger charge is -2.02. The van der Waals surface area contributed by atoms with E-state index in [2.05, 4.69) is 77.8 Å². The van der Waals surface area contributed by atoms with Gasteiger partial charge in [0.25, 0.3) is 0 Å². The van der Waals surface area contributed by atoms with Crippen molar-refractivity contribution in [1.82, 2.24) is 5.32 Å². The molecule has 2 heteroatoms. The van der Waals surface area contributed by atoms with Crippen molar-refractivity contribution in [3.63, 3.8) is 0 Å². The minimum Gasteiger partial charge on any atom is -0.306 e. The molecular weight excluding hydrogens is 326 g/mol. The van der Waals surface area contributed by atoms with Crippen LogP contribution in [-0.4, -0.2) is 13.1 Å². The Hall–Kier alpha value is -2.53. The predicted molar refractivity (Wildman–Crippen MR) is 107 cm³/mol. The molecule has 3 rings (SSSR count). The van der Waals surface area contributed by atoms with Crippen molar-refractivity contribution in [3.05, 3.63) is 95.0 Å². The number of benzene rings is 3. The van der Waals surface area contributed by atoms with Gasteiger partial charge in [-0.15, -0.1) is 0 Å². The first-order valence-electron chi connectivity index (χ1n) is 8.41. The zero-order valence-corrected chi connectivity index (χ0v) is 14.8. The number of hydrogen-bond acceptors (Lipinski definition) is 1. The molecule has 0 bridgehead atoms. The van der Waals surface area contributed by atoms with Gasteiger partial charge in [-0.2, -0.15) is 0 Å². The first-order chi connectivity index (χ1) is 12.3. The van der Waals surface area contributed by atoms with Gasteiger partial charge in [0.15, 0.2) is 0 Å². The standard InChI is InChI=1S/C23H20ClN/c24-23-14-10-20(11-15-23)16-18-25-17-4-5-19-8-12-22(13-9-19)21-6-2-1-3-7-21/h1-3,6-15,25H,16-18H2. The zero-order chi connectivity index (χ0) is 17.3. The molecule has 1 N–H and O–H groups in total. The molecule has 0 amide bonds. The average Bonchev–Trinajstić information content (AvgIpc) is 2.67. The predicted octanol–water partition coefficient (Wildman–Crippen LogP) is 5.19. The molecule has 0 spiro atoms. The molecule has 0 saturated carbocycles. The monoisotopic (exact) mass is 345 g/mol. The van der Waals surface area contributed by atoms with Crippen LogP contribution in [0.15, 0.2) is 78.9 Å². The number of hydrogen-bond donors (Lipinski definition) is 1. The van der Waals surface area contributed by atoms with Gasteiger partial charge in [0.05, 0.1) is 6.54 Å². The Morgan fingerprint density at radius 3 is 2.16 bits per heavy atom. The van der Waals surface area contributed by atoms with Gasteiger partial charge in [0.2, 0.25) is 0 Å². The Morgan fingerprint density at radius 2 is 1.44 bits per heavy atom. The summed E-state index contributed by atoms with van der Waals surface area (Å²) < 4.78 is 0. The van der Waals surface area contributed by atoms with Gasteiger partial charge < -0.3 is 5.32 Å². The number of rotatable bonds is 5. The fourth-order valence-corrected chi connectivity index (χ4v) is 2.68. The molecular formula is C23H20ClN. The van der Waals surface area contributed by atoms with Crippen molar-refractivity contribution < 1.29 is 0 Å². The van der Waals surface area contributed by atoms with E-state index in [4.69, 9.17) is 11.6 Å². The maximum Gasteiger partial charge on any atom is 0.0580 e. The molecule has 0 heterocycles. The lowest BCUT2D eigenvalue weighted by Crippen LogP contribution is -2.17. The summed E-state index contributed by atoms with van der Waals surface area (Å²) in [5, 5.41) is 4.13. The first kappa shape index (κ1) is 17.3. The molecule has 124 valence electrons. The van der Waals surface area contributed by atoms with E-state index in [0.717, 1.165) is 23.6 Å². The Balaban J connectivity index is 1.45. The average molecular weight is 346 g/mol. The van der Waals surface area contributed by atoms with Crippen molar-refractivity contribution in [2.45, 2.75) is 6.42 Å². The minimum absolute atomic E-state index is 0.689. The SMILES string of the molecule is Clc1ccc(CCNCC#Cc2ccc(-c3ccccc3)cc2)cc1. The number of nitrogens with one attached hydrogen (secondary N) is 1. The van der Waals surface area contributed by atoms with Crippen molar-refractivity contribution in [1.29, 1.82) is 0 Å². The maximum absolute atomic E-state index is 5.88.